The zero-order valence-corrected chi connectivity index (χ0v) is 21.3. The Balaban J connectivity index is 1.66. The Morgan fingerprint density at radius 2 is 1.78 bits per heavy atom. The number of fused-ring (bicyclic) bond motifs is 2. The van der Waals surface area contributed by atoms with E-state index in [1.54, 1.807) is 44.2 Å². The van der Waals surface area contributed by atoms with E-state index in [0.29, 0.717) is 45.0 Å². The number of Topliss-reactive ketones (excluding diaryl/α,β-unsaturated/α-hetero) is 1. The number of rotatable bonds is 6. The van der Waals surface area contributed by atoms with Gasteiger partial charge < -0.3 is 14.8 Å². The maximum Gasteiger partial charge on any atom is 0.336 e. The molecule has 0 radical (unpaired) electrons. The van der Waals surface area contributed by atoms with Crippen LogP contribution in [0.3, 0.4) is 0 Å². The molecular formula is C29H23BrFNO4. The molecular weight excluding hydrogens is 525 g/mol. The lowest BCUT2D eigenvalue weighted by Crippen LogP contribution is -2.29. The molecule has 36 heavy (non-hydrogen) atoms. The van der Waals surface area contributed by atoms with Gasteiger partial charge in [-0.2, -0.15) is 0 Å². The average Bonchev–Trinajstić information content (AvgIpc) is 3.15. The van der Waals surface area contributed by atoms with Crippen molar-refractivity contribution in [2.75, 3.05) is 6.61 Å². The fraction of sp³-hybridized carbons (Fsp3) is 0.172. The van der Waals surface area contributed by atoms with E-state index < -0.39 is 11.9 Å². The van der Waals surface area contributed by atoms with Crippen LogP contribution in [0.4, 0.5) is 4.39 Å². The molecule has 0 unspecified atom stereocenters. The van der Waals surface area contributed by atoms with E-state index in [1.165, 1.54) is 6.07 Å². The monoisotopic (exact) mass is 547 g/mol. The first-order valence-electron chi connectivity index (χ1n) is 11.6. The predicted molar refractivity (Wildman–Crippen MR) is 138 cm³/mol. The summed E-state index contributed by atoms with van der Waals surface area (Å²) in [5, 5.41) is 3.29. The number of hydrogen-bond acceptors (Lipinski definition) is 5. The normalized spacial score (nSPS) is 16.4. The highest BCUT2D eigenvalue weighted by molar-refractivity contribution is 9.10. The fourth-order valence-electron chi connectivity index (χ4n) is 4.77. The second-order valence-electron chi connectivity index (χ2n) is 8.54. The van der Waals surface area contributed by atoms with Crippen LogP contribution in [0.5, 0.6) is 5.75 Å². The van der Waals surface area contributed by atoms with Crippen LogP contribution in [-0.4, -0.2) is 18.4 Å². The number of esters is 1. The molecule has 1 N–H and O–H groups in total. The summed E-state index contributed by atoms with van der Waals surface area (Å²) in [5.74, 6) is -1.34. The summed E-state index contributed by atoms with van der Waals surface area (Å²) in [7, 11) is 0. The lowest BCUT2D eigenvalue weighted by atomic mass is 9.79. The molecule has 0 saturated heterocycles. The van der Waals surface area contributed by atoms with Crippen molar-refractivity contribution in [1.82, 2.24) is 5.32 Å². The number of dihydropyridines is 1. The number of halogens is 2. The van der Waals surface area contributed by atoms with Gasteiger partial charge in [-0.25, -0.2) is 9.18 Å². The molecule has 182 valence electrons. The summed E-state index contributed by atoms with van der Waals surface area (Å²) >= 11 is 3.53. The fourth-order valence-corrected chi connectivity index (χ4v) is 5.15. The molecule has 1 aliphatic heterocycles. The highest BCUT2D eigenvalue weighted by Gasteiger charge is 2.44. The van der Waals surface area contributed by atoms with Crippen LogP contribution in [0.1, 0.15) is 46.8 Å². The van der Waals surface area contributed by atoms with Crippen LogP contribution in [0.25, 0.3) is 5.70 Å². The second kappa shape index (κ2) is 9.74. The van der Waals surface area contributed by atoms with Crippen molar-refractivity contribution in [2.45, 2.75) is 26.4 Å². The van der Waals surface area contributed by atoms with E-state index in [4.69, 9.17) is 9.47 Å². The summed E-state index contributed by atoms with van der Waals surface area (Å²) in [5.41, 5.74) is 4.43. The van der Waals surface area contributed by atoms with Gasteiger partial charge >= 0.3 is 5.97 Å². The lowest BCUT2D eigenvalue weighted by Gasteiger charge is -2.30. The smallest absolute Gasteiger partial charge is 0.336 e. The van der Waals surface area contributed by atoms with Gasteiger partial charge in [0.25, 0.3) is 0 Å². The Kier molecular flexibility index (Phi) is 6.49. The largest absolute Gasteiger partial charge is 0.488 e. The lowest BCUT2D eigenvalue weighted by molar-refractivity contribution is -0.138. The van der Waals surface area contributed by atoms with Gasteiger partial charge in [0.2, 0.25) is 0 Å². The van der Waals surface area contributed by atoms with Crippen molar-refractivity contribution in [3.05, 3.63) is 116 Å². The number of ketones is 1. The minimum Gasteiger partial charge on any atom is -0.488 e. The molecule has 3 aromatic carbocycles. The molecule has 5 nitrogen and oxygen atoms in total. The van der Waals surface area contributed by atoms with E-state index in [2.05, 4.69) is 21.2 Å². The van der Waals surface area contributed by atoms with E-state index in [0.717, 1.165) is 10.0 Å². The van der Waals surface area contributed by atoms with Crippen molar-refractivity contribution in [1.29, 1.82) is 0 Å². The minimum absolute atomic E-state index is 0.0101. The van der Waals surface area contributed by atoms with E-state index in [1.807, 2.05) is 30.3 Å². The van der Waals surface area contributed by atoms with Gasteiger partial charge in [0.05, 0.1) is 23.8 Å². The number of hydrogen-bond donors (Lipinski definition) is 1. The Hall–Kier alpha value is -3.71. The Bertz CT molecular complexity index is 1460. The number of benzene rings is 3. The molecule has 0 bridgehead atoms. The molecule has 3 aromatic rings. The summed E-state index contributed by atoms with van der Waals surface area (Å²) in [6.45, 7) is 3.72. The number of carbonyl (C=O) groups excluding carboxylic acids is 2. The molecule has 0 saturated carbocycles. The zero-order chi connectivity index (χ0) is 25.4. The van der Waals surface area contributed by atoms with E-state index in [9.17, 15) is 14.0 Å². The van der Waals surface area contributed by atoms with Crippen molar-refractivity contribution in [3.63, 3.8) is 0 Å². The van der Waals surface area contributed by atoms with Gasteiger partial charge in [0.15, 0.2) is 5.78 Å². The Morgan fingerprint density at radius 1 is 1.06 bits per heavy atom. The van der Waals surface area contributed by atoms with Crippen molar-refractivity contribution >= 4 is 33.4 Å². The minimum atomic E-state index is -0.742. The molecule has 0 spiro atoms. The third-order valence-corrected chi connectivity index (χ3v) is 6.86. The summed E-state index contributed by atoms with van der Waals surface area (Å²) in [6, 6.07) is 19.2. The van der Waals surface area contributed by atoms with Crippen LogP contribution in [0.15, 0.2) is 88.0 Å². The van der Waals surface area contributed by atoms with Crippen LogP contribution < -0.4 is 10.1 Å². The predicted octanol–water partition coefficient (Wildman–Crippen LogP) is 6.30. The molecule has 1 aliphatic carbocycles. The first-order valence-corrected chi connectivity index (χ1v) is 12.4. The highest BCUT2D eigenvalue weighted by Crippen LogP contribution is 2.49. The van der Waals surface area contributed by atoms with Gasteiger partial charge in [-0.3, -0.25) is 4.79 Å². The second-order valence-corrected chi connectivity index (χ2v) is 9.46. The quantitative estimate of drug-likeness (QED) is 0.367. The molecule has 1 heterocycles. The standard InChI is InChI=1S/C29H23BrFNO4/c1-3-35-29(34)24-16(2)32-27-19-9-5-6-10-20(19)28(33)26(27)25(24)21-14-18(30)12-13-23(21)36-15-17-8-4-7-11-22(17)31/h4-14,25,32H,3,15H2,1-2H3/t25-/m1/s1. The van der Waals surface area contributed by atoms with Gasteiger partial charge in [0, 0.05) is 38.0 Å². The molecule has 2 aliphatic rings. The van der Waals surface area contributed by atoms with Gasteiger partial charge in [0.1, 0.15) is 18.2 Å². The Labute approximate surface area is 216 Å². The molecule has 7 heteroatoms. The van der Waals surface area contributed by atoms with Crippen LogP contribution in [-0.2, 0) is 16.1 Å². The topological polar surface area (TPSA) is 64.6 Å². The van der Waals surface area contributed by atoms with Crippen LogP contribution in [0.2, 0.25) is 0 Å². The van der Waals surface area contributed by atoms with Gasteiger partial charge in [-0.1, -0.05) is 58.4 Å². The molecule has 1 atom stereocenters. The summed E-state index contributed by atoms with van der Waals surface area (Å²) in [6.07, 6.45) is 0. The van der Waals surface area contributed by atoms with Gasteiger partial charge in [-0.05, 0) is 38.1 Å². The van der Waals surface area contributed by atoms with E-state index in [-0.39, 0.29) is 24.8 Å². The SMILES string of the molecule is CCOC(=O)C1=C(C)NC2=C(C(=O)c3ccccc32)[C@@H]1c1cc(Br)ccc1OCc1ccccc1F. The van der Waals surface area contributed by atoms with Crippen molar-refractivity contribution in [3.8, 4) is 5.75 Å². The summed E-state index contributed by atoms with van der Waals surface area (Å²) < 4.78 is 26.5. The maximum absolute atomic E-state index is 14.3. The first kappa shape index (κ1) is 24.0. The Morgan fingerprint density at radius 3 is 2.53 bits per heavy atom. The molecule has 0 aromatic heterocycles. The number of carbonyl (C=O) groups is 2. The van der Waals surface area contributed by atoms with Crippen molar-refractivity contribution in [2.24, 2.45) is 0 Å². The highest BCUT2D eigenvalue weighted by atomic mass is 79.9. The van der Waals surface area contributed by atoms with Crippen LogP contribution in [0, 0.1) is 5.82 Å². The molecule has 5 rings (SSSR count). The van der Waals surface area contributed by atoms with Gasteiger partial charge in [-0.15, -0.1) is 0 Å². The van der Waals surface area contributed by atoms with E-state index >= 15 is 0 Å². The summed E-state index contributed by atoms with van der Waals surface area (Å²) in [4.78, 5) is 26.9. The average molecular weight is 548 g/mol. The van der Waals surface area contributed by atoms with Crippen molar-refractivity contribution < 1.29 is 23.5 Å². The third kappa shape index (κ3) is 4.13. The first-order chi connectivity index (χ1) is 17.4. The molecule has 0 amide bonds. The number of ether oxygens (including phenoxy) is 2. The number of allylic oxidation sites excluding steroid dienone is 2. The zero-order valence-electron chi connectivity index (χ0n) is 19.7. The molecule has 0 fully saturated rings. The maximum atomic E-state index is 14.3. The third-order valence-electron chi connectivity index (χ3n) is 6.37. The van der Waals surface area contributed by atoms with Crippen LogP contribution >= 0.6 is 15.9 Å². The number of nitrogens with one attached hydrogen (secondary N) is 1.